The Hall–Kier alpha value is -1.62. The van der Waals surface area contributed by atoms with Gasteiger partial charge in [-0.3, -0.25) is 0 Å². The van der Waals surface area contributed by atoms with Crippen molar-refractivity contribution in [1.82, 2.24) is 20.3 Å². The highest BCUT2D eigenvalue weighted by molar-refractivity contribution is 5.26. The van der Waals surface area contributed by atoms with Crippen LogP contribution in [0.15, 0.2) is 23.0 Å². The molecule has 0 unspecified atom stereocenters. The second-order valence-corrected chi connectivity index (χ2v) is 3.01. The largest absolute Gasteiger partial charge is 0.363 e. The average Bonchev–Trinajstić information content (AvgIpc) is 2.78. The Morgan fingerprint density at radius 3 is 3.23 bits per heavy atom. The van der Waals surface area contributed by atoms with Crippen molar-refractivity contribution in [2.24, 2.45) is 0 Å². The maximum Gasteiger partial charge on any atom is 0.196 e. The molecule has 5 nitrogen and oxygen atoms in total. The van der Waals surface area contributed by atoms with E-state index in [2.05, 4.69) is 15.6 Å². The van der Waals surface area contributed by atoms with Gasteiger partial charge in [-0.25, -0.2) is 4.68 Å². The fraction of sp³-hybridized carbons (Fsp3) is 0.250. The van der Waals surface area contributed by atoms with E-state index in [1.807, 2.05) is 6.20 Å². The van der Waals surface area contributed by atoms with Crippen LogP contribution in [0.4, 0.5) is 0 Å². The first-order valence-corrected chi connectivity index (χ1v) is 4.12. The number of nitrogens with one attached hydrogen (secondary N) is 1. The van der Waals surface area contributed by atoms with E-state index in [0.29, 0.717) is 0 Å². The van der Waals surface area contributed by atoms with E-state index in [4.69, 9.17) is 4.52 Å². The first kappa shape index (κ1) is 6.85. The van der Waals surface area contributed by atoms with E-state index >= 15 is 0 Å². The van der Waals surface area contributed by atoms with Gasteiger partial charge in [-0.05, 0) is 0 Å². The number of hydrogen-bond acceptors (Lipinski definition) is 4. The summed E-state index contributed by atoms with van der Waals surface area (Å²) in [5.41, 5.74) is 2.34. The average molecular weight is 176 g/mol. The minimum Gasteiger partial charge on any atom is -0.363 e. The van der Waals surface area contributed by atoms with Crippen LogP contribution in [0.1, 0.15) is 11.3 Å². The highest BCUT2D eigenvalue weighted by atomic mass is 16.5. The van der Waals surface area contributed by atoms with Crippen LogP contribution in [0.5, 0.6) is 0 Å². The van der Waals surface area contributed by atoms with Crippen molar-refractivity contribution < 1.29 is 4.52 Å². The monoisotopic (exact) mass is 176 g/mol. The molecule has 5 heteroatoms. The molecular formula is C8H8N4O. The predicted octanol–water partition coefficient (Wildman–Crippen LogP) is 0.463. The highest BCUT2D eigenvalue weighted by Crippen LogP contribution is 2.14. The van der Waals surface area contributed by atoms with Gasteiger partial charge in [-0.2, -0.15) is 5.10 Å². The van der Waals surface area contributed by atoms with Gasteiger partial charge in [-0.1, -0.05) is 5.16 Å². The number of nitrogens with zero attached hydrogens (tertiary/aromatic N) is 3. The summed E-state index contributed by atoms with van der Waals surface area (Å²) in [5.74, 6) is 0.731. The van der Waals surface area contributed by atoms with Crippen molar-refractivity contribution in [3.8, 4) is 5.82 Å². The zero-order chi connectivity index (χ0) is 8.67. The van der Waals surface area contributed by atoms with Crippen LogP contribution in [0.25, 0.3) is 5.82 Å². The lowest BCUT2D eigenvalue weighted by molar-refractivity contribution is 0.414. The van der Waals surface area contributed by atoms with Crippen LogP contribution in [0, 0.1) is 0 Å². The standard InChI is InChI=1S/C8H8N4O/c1-2-13-11-8(1)12-5-6-3-9-4-7(6)10-12/h1-2,5,9H,3-4H2. The van der Waals surface area contributed by atoms with Gasteiger partial charge in [0.05, 0.1) is 5.69 Å². The van der Waals surface area contributed by atoms with Gasteiger partial charge in [0.2, 0.25) is 0 Å². The number of aromatic nitrogens is 3. The molecular weight excluding hydrogens is 168 g/mol. The van der Waals surface area contributed by atoms with Gasteiger partial charge in [0.25, 0.3) is 0 Å². The van der Waals surface area contributed by atoms with Crippen molar-refractivity contribution in [1.29, 1.82) is 0 Å². The van der Waals surface area contributed by atoms with Gasteiger partial charge in [0, 0.05) is 30.9 Å². The summed E-state index contributed by atoms with van der Waals surface area (Å²) >= 11 is 0. The Morgan fingerprint density at radius 2 is 2.46 bits per heavy atom. The summed E-state index contributed by atoms with van der Waals surface area (Å²) < 4.78 is 6.49. The second-order valence-electron chi connectivity index (χ2n) is 3.01. The predicted molar refractivity (Wildman–Crippen MR) is 44.2 cm³/mol. The first-order chi connectivity index (χ1) is 6.43. The van der Waals surface area contributed by atoms with Gasteiger partial charge >= 0.3 is 0 Å². The molecule has 13 heavy (non-hydrogen) atoms. The van der Waals surface area contributed by atoms with Crippen molar-refractivity contribution in [2.75, 3.05) is 0 Å². The molecule has 0 atom stereocenters. The quantitative estimate of drug-likeness (QED) is 0.686. The van der Waals surface area contributed by atoms with Crippen molar-refractivity contribution in [3.05, 3.63) is 29.8 Å². The van der Waals surface area contributed by atoms with E-state index in [9.17, 15) is 0 Å². The van der Waals surface area contributed by atoms with E-state index in [1.165, 1.54) is 5.56 Å². The third-order valence-corrected chi connectivity index (χ3v) is 2.14. The maximum absolute atomic E-state index is 4.74. The van der Waals surface area contributed by atoms with Crippen molar-refractivity contribution >= 4 is 0 Å². The molecule has 3 rings (SSSR count). The van der Waals surface area contributed by atoms with Gasteiger partial charge in [0.1, 0.15) is 6.26 Å². The van der Waals surface area contributed by atoms with Crippen molar-refractivity contribution in [3.63, 3.8) is 0 Å². The first-order valence-electron chi connectivity index (χ1n) is 4.12. The molecule has 66 valence electrons. The molecule has 0 aliphatic carbocycles. The molecule has 1 aliphatic heterocycles. The Balaban J connectivity index is 2.08. The van der Waals surface area contributed by atoms with Crippen LogP contribution in [-0.2, 0) is 13.1 Å². The van der Waals surface area contributed by atoms with E-state index in [0.717, 1.165) is 24.6 Å². The molecule has 3 heterocycles. The van der Waals surface area contributed by atoms with Gasteiger partial charge in [-0.15, -0.1) is 0 Å². The minimum atomic E-state index is 0.731. The maximum atomic E-state index is 4.74. The molecule has 1 N–H and O–H groups in total. The Kier molecular flexibility index (Phi) is 1.28. The smallest absolute Gasteiger partial charge is 0.196 e. The van der Waals surface area contributed by atoms with Crippen molar-refractivity contribution in [2.45, 2.75) is 13.1 Å². The summed E-state index contributed by atoms with van der Waals surface area (Å²) in [4.78, 5) is 0. The molecule has 0 fully saturated rings. The van der Waals surface area contributed by atoms with E-state index in [1.54, 1.807) is 17.0 Å². The van der Waals surface area contributed by atoms with Crippen LogP contribution in [0.2, 0.25) is 0 Å². The van der Waals surface area contributed by atoms with E-state index < -0.39 is 0 Å². The second kappa shape index (κ2) is 2.43. The van der Waals surface area contributed by atoms with Crippen LogP contribution in [-0.4, -0.2) is 14.9 Å². The molecule has 0 bridgehead atoms. The molecule has 0 aromatic carbocycles. The van der Waals surface area contributed by atoms with Crippen LogP contribution >= 0.6 is 0 Å². The number of rotatable bonds is 1. The third kappa shape index (κ3) is 0.972. The lowest BCUT2D eigenvalue weighted by Crippen LogP contribution is -2.05. The van der Waals surface area contributed by atoms with Gasteiger partial charge < -0.3 is 9.84 Å². The molecule has 0 spiro atoms. The SMILES string of the molecule is c1cc(-n2cc3c(n2)CNC3)no1. The minimum absolute atomic E-state index is 0.731. The third-order valence-electron chi connectivity index (χ3n) is 2.14. The molecule has 0 saturated carbocycles. The fourth-order valence-electron chi connectivity index (χ4n) is 1.50. The Bertz CT molecular complexity index is 396. The lowest BCUT2D eigenvalue weighted by atomic mass is 10.3. The molecule has 0 amide bonds. The zero-order valence-electron chi connectivity index (χ0n) is 6.90. The Morgan fingerprint density at radius 1 is 1.46 bits per heavy atom. The lowest BCUT2D eigenvalue weighted by Gasteiger charge is -1.93. The summed E-state index contributed by atoms with van der Waals surface area (Å²) in [6, 6.07) is 1.79. The topological polar surface area (TPSA) is 55.9 Å². The molecule has 0 radical (unpaired) electrons. The number of hydrogen-bond donors (Lipinski definition) is 1. The van der Waals surface area contributed by atoms with Gasteiger partial charge in [0.15, 0.2) is 5.82 Å². The molecule has 2 aromatic rings. The normalized spacial score (nSPS) is 14.8. The summed E-state index contributed by atoms with van der Waals surface area (Å²) in [6.45, 7) is 1.74. The van der Waals surface area contributed by atoms with E-state index in [-0.39, 0.29) is 0 Å². The highest BCUT2D eigenvalue weighted by Gasteiger charge is 2.15. The zero-order valence-corrected chi connectivity index (χ0v) is 6.90. The summed E-state index contributed by atoms with van der Waals surface area (Å²) in [7, 11) is 0. The number of fused-ring (bicyclic) bond motifs is 1. The summed E-state index contributed by atoms with van der Waals surface area (Å²) in [6.07, 6.45) is 3.52. The summed E-state index contributed by atoms with van der Waals surface area (Å²) in [5, 5.41) is 11.4. The Labute approximate surface area is 74.3 Å². The molecule has 2 aromatic heterocycles. The van der Waals surface area contributed by atoms with Crippen LogP contribution < -0.4 is 5.32 Å². The molecule has 1 aliphatic rings. The fourth-order valence-corrected chi connectivity index (χ4v) is 1.50. The molecule has 0 saturated heterocycles. The van der Waals surface area contributed by atoms with Crippen LogP contribution in [0.3, 0.4) is 0 Å².